The minimum Gasteiger partial charge on any atom is -0.422 e. The molecule has 1 aliphatic carbocycles. The van der Waals surface area contributed by atoms with Gasteiger partial charge in [0.2, 0.25) is 5.60 Å². The predicted molar refractivity (Wildman–Crippen MR) is 69.7 cm³/mol. The average Bonchev–Trinajstić information content (AvgIpc) is 2.86. The zero-order valence-electron chi connectivity index (χ0n) is 11.2. The summed E-state index contributed by atoms with van der Waals surface area (Å²) in [5.74, 6) is -2.51. The number of carbonyl (C=O) groups is 2. The molecule has 22 heavy (non-hydrogen) atoms. The molecule has 0 bridgehead atoms. The molecule has 7 heteroatoms. The molecule has 1 aliphatic heterocycles. The summed E-state index contributed by atoms with van der Waals surface area (Å²) < 4.78 is 33.1. The van der Waals surface area contributed by atoms with Gasteiger partial charge in [0, 0.05) is 28.5 Å². The van der Waals surface area contributed by atoms with E-state index >= 15 is 0 Å². The lowest BCUT2D eigenvalue weighted by atomic mass is 9.91. The number of aromatic nitrogens is 1. The molecule has 2 amide bonds. The van der Waals surface area contributed by atoms with Crippen molar-refractivity contribution in [1.29, 1.82) is 0 Å². The van der Waals surface area contributed by atoms with Crippen LogP contribution in [0.5, 0.6) is 0 Å². The normalized spacial score (nSPS) is 21.6. The van der Waals surface area contributed by atoms with Crippen molar-refractivity contribution in [2.24, 2.45) is 0 Å². The molecule has 2 aromatic rings. The van der Waals surface area contributed by atoms with E-state index in [0.29, 0.717) is 11.8 Å². The Balaban J connectivity index is 2.16. The second-order valence-electron chi connectivity index (χ2n) is 5.18. The Kier molecular flexibility index (Phi) is 2.27. The molecule has 2 heterocycles. The van der Waals surface area contributed by atoms with Gasteiger partial charge in [-0.15, -0.1) is 0 Å². The van der Waals surface area contributed by atoms with E-state index in [0.717, 1.165) is 6.07 Å². The van der Waals surface area contributed by atoms with Crippen molar-refractivity contribution < 1.29 is 23.1 Å². The Labute approximate surface area is 122 Å². The molecule has 1 N–H and O–H groups in total. The van der Waals surface area contributed by atoms with Crippen molar-refractivity contribution in [3.8, 4) is 11.3 Å². The number of ether oxygens (including phenoxy) is 1. The summed E-state index contributed by atoms with van der Waals surface area (Å²) in [6.07, 6.45) is -0.964. The van der Waals surface area contributed by atoms with Crippen LogP contribution in [0.25, 0.3) is 11.3 Å². The van der Waals surface area contributed by atoms with E-state index in [1.54, 1.807) is 13.0 Å². The highest BCUT2D eigenvalue weighted by Crippen LogP contribution is 2.51. The van der Waals surface area contributed by atoms with Crippen LogP contribution in [0.15, 0.2) is 24.3 Å². The lowest BCUT2D eigenvalue weighted by molar-refractivity contribution is -0.128. The Morgan fingerprint density at radius 1 is 1.18 bits per heavy atom. The number of alkyl carbamates (subject to hydrolysis) is 1. The standard InChI is InChI=1S/C15H8F2N2O3/c1-6-2-3-8-12(18-6)11-9(4-7(16)5-10(11)17)15(8)13(20)19-14(21)22-15/h2-5H,1H3,(H,19,20,21). The van der Waals surface area contributed by atoms with E-state index < -0.39 is 29.2 Å². The highest BCUT2D eigenvalue weighted by molar-refractivity contribution is 6.09. The van der Waals surface area contributed by atoms with Crippen molar-refractivity contribution in [1.82, 2.24) is 10.3 Å². The van der Waals surface area contributed by atoms with E-state index in [2.05, 4.69) is 4.98 Å². The maximum atomic E-state index is 14.3. The summed E-state index contributed by atoms with van der Waals surface area (Å²) in [7, 11) is 0. The Hall–Kier alpha value is -2.83. The third-order valence-electron chi connectivity index (χ3n) is 3.87. The highest BCUT2D eigenvalue weighted by Gasteiger charge is 2.59. The minimum absolute atomic E-state index is 0.0232. The number of nitrogens with zero attached hydrogens (tertiary/aromatic N) is 1. The van der Waals surface area contributed by atoms with E-state index in [9.17, 15) is 18.4 Å². The summed E-state index contributed by atoms with van der Waals surface area (Å²) in [6.45, 7) is 1.70. The van der Waals surface area contributed by atoms with Gasteiger partial charge in [0.05, 0.1) is 5.69 Å². The van der Waals surface area contributed by atoms with E-state index in [1.807, 2.05) is 5.32 Å². The van der Waals surface area contributed by atoms with Gasteiger partial charge in [-0.1, -0.05) is 6.07 Å². The van der Waals surface area contributed by atoms with Crippen LogP contribution in [0.3, 0.4) is 0 Å². The van der Waals surface area contributed by atoms with Gasteiger partial charge in [-0.2, -0.15) is 0 Å². The van der Waals surface area contributed by atoms with Crippen molar-refractivity contribution in [2.45, 2.75) is 12.5 Å². The summed E-state index contributed by atoms with van der Waals surface area (Å²) in [6, 6.07) is 4.85. The van der Waals surface area contributed by atoms with Crippen molar-refractivity contribution in [3.05, 3.63) is 52.7 Å². The van der Waals surface area contributed by atoms with Crippen LogP contribution in [0, 0.1) is 18.6 Å². The molecule has 0 saturated carbocycles. The number of hydrogen-bond acceptors (Lipinski definition) is 4. The number of aryl methyl sites for hydroxylation is 1. The van der Waals surface area contributed by atoms with Crippen molar-refractivity contribution >= 4 is 12.0 Å². The molecule has 5 nitrogen and oxygen atoms in total. The summed E-state index contributed by atoms with van der Waals surface area (Å²) in [5.41, 5.74) is -0.967. The lowest BCUT2D eigenvalue weighted by Gasteiger charge is -2.21. The fourth-order valence-electron chi connectivity index (χ4n) is 3.01. The molecular formula is C15H8F2N2O3. The summed E-state index contributed by atoms with van der Waals surface area (Å²) >= 11 is 0. The van der Waals surface area contributed by atoms with Crippen molar-refractivity contribution in [3.63, 3.8) is 0 Å². The number of benzene rings is 1. The molecule has 1 spiro atoms. The van der Waals surface area contributed by atoms with Crippen LogP contribution in [0.1, 0.15) is 16.8 Å². The topological polar surface area (TPSA) is 68.3 Å². The molecule has 1 unspecified atom stereocenters. The van der Waals surface area contributed by atoms with E-state index in [4.69, 9.17) is 4.74 Å². The van der Waals surface area contributed by atoms with Crippen LogP contribution in [0.2, 0.25) is 0 Å². The Morgan fingerprint density at radius 3 is 2.64 bits per heavy atom. The molecule has 110 valence electrons. The maximum Gasteiger partial charge on any atom is 0.415 e. The van der Waals surface area contributed by atoms with Crippen LogP contribution in [0.4, 0.5) is 13.6 Å². The van der Waals surface area contributed by atoms with Crippen LogP contribution in [-0.4, -0.2) is 17.0 Å². The quantitative estimate of drug-likeness (QED) is 0.809. The first-order chi connectivity index (χ1) is 10.4. The molecular weight excluding hydrogens is 294 g/mol. The molecule has 1 aromatic heterocycles. The van der Waals surface area contributed by atoms with Gasteiger partial charge >= 0.3 is 6.09 Å². The number of amides is 2. The van der Waals surface area contributed by atoms with Gasteiger partial charge in [-0.3, -0.25) is 15.1 Å². The monoisotopic (exact) mass is 302 g/mol. The van der Waals surface area contributed by atoms with E-state index in [-0.39, 0.29) is 22.4 Å². The number of imide groups is 1. The first-order valence-electron chi connectivity index (χ1n) is 6.46. The minimum atomic E-state index is -1.88. The van der Waals surface area contributed by atoms with Crippen LogP contribution in [-0.2, 0) is 15.1 Å². The molecule has 1 aromatic carbocycles. The molecule has 1 fully saturated rings. The largest absolute Gasteiger partial charge is 0.422 e. The van der Waals surface area contributed by atoms with Gasteiger partial charge in [0.15, 0.2) is 0 Å². The fraction of sp³-hybridized carbons (Fsp3) is 0.133. The third-order valence-corrected chi connectivity index (χ3v) is 3.87. The Bertz CT molecular complexity index is 881. The van der Waals surface area contributed by atoms with Crippen molar-refractivity contribution in [2.75, 3.05) is 0 Å². The number of carbonyl (C=O) groups excluding carboxylic acids is 2. The third kappa shape index (κ3) is 1.37. The number of hydrogen-bond donors (Lipinski definition) is 1. The van der Waals surface area contributed by atoms with Gasteiger partial charge in [-0.25, -0.2) is 13.6 Å². The lowest BCUT2D eigenvalue weighted by Crippen LogP contribution is -2.36. The second-order valence-corrected chi connectivity index (χ2v) is 5.18. The van der Waals surface area contributed by atoms with E-state index in [1.165, 1.54) is 6.07 Å². The fourth-order valence-corrected chi connectivity index (χ4v) is 3.01. The molecule has 4 rings (SSSR count). The smallest absolute Gasteiger partial charge is 0.415 e. The number of halogens is 2. The molecule has 1 atom stereocenters. The summed E-state index contributed by atoms with van der Waals surface area (Å²) in [5, 5.41) is 2.01. The highest BCUT2D eigenvalue weighted by atomic mass is 19.1. The van der Waals surface area contributed by atoms with Gasteiger partial charge in [0.1, 0.15) is 11.6 Å². The number of fused-ring (bicyclic) bond motifs is 5. The van der Waals surface area contributed by atoms with Gasteiger partial charge in [0.25, 0.3) is 5.91 Å². The Morgan fingerprint density at radius 2 is 1.95 bits per heavy atom. The first kappa shape index (κ1) is 12.9. The average molecular weight is 302 g/mol. The molecule has 1 saturated heterocycles. The SMILES string of the molecule is Cc1ccc2c(n1)-c1c(F)cc(F)cc1C21OC(=O)NC1=O. The van der Waals surface area contributed by atoms with Crippen LogP contribution < -0.4 is 5.32 Å². The van der Waals surface area contributed by atoms with Gasteiger partial charge in [-0.05, 0) is 19.1 Å². The molecule has 0 radical (unpaired) electrons. The second kappa shape index (κ2) is 3.88. The first-order valence-corrected chi connectivity index (χ1v) is 6.46. The maximum absolute atomic E-state index is 14.3. The number of rotatable bonds is 0. The predicted octanol–water partition coefficient (Wildman–Crippen LogP) is 2.16. The number of nitrogens with one attached hydrogen (secondary N) is 1. The van der Waals surface area contributed by atoms with Gasteiger partial charge < -0.3 is 4.74 Å². The zero-order valence-corrected chi connectivity index (χ0v) is 11.2. The number of pyridine rings is 1. The van der Waals surface area contributed by atoms with Crippen LogP contribution >= 0.6 is 0 Å². The zero-order chi connectivity index (χ0) is 15.6. The summed E-state index contributed by atoms with van der Waals surface area (Å²) in [4.78, 5) is 28.1. The molecule has 2 aliphatic rings.